The first-order valence-corrected chi connectivity index (χ1v) is 6.59. The molecule has 2 rings (SSSR count). The van der Waals surface area contributed by atoms with Crippen molar-refractivity contribution in [2.45, 2.75) is 13.3 Å². The number of hydrogen-bond donors (Lipinski definition) is 2. The van der Waals surface area contributed by atoms with Crippen molar-refractivity contribution < 1.29 is 4.74 Å². The molecule has 0 aliphatic rings. The number of nitrogens with one attached hydrogen (secondary N) is 1. The molecule has 0 fully saturated rings. The van der Waals surface area contributed by atoms with Crippen LogP contribution in [0.2, 0.25) is 0 Å². The number of aryl methyl sites for hydroxylation is 1. The summed E-state index contributed by atoms with van der Waals surface area (Å²) in [6, 6.07) is 15.9. The maximum atomic E-state index is 5.69. The molecule has 0 aliphatic carbocycles. The van der Waals surface area contributed by atoms with Gasteiger partial charge in [0.1, 0.15) is 12.4 Å². The Labute approximate surface area is 114 Å². The van der Waals surface area contributed by atoms with Crippen LogP contribution in [0.4, 0.5) is 11.4 Å². The molecule has 0 saturated carbocycles. The molecule has 0 unspecified atom stereocenters. The van der Waals surface area contributed by atoms with Crippen LogP contribution >= 0.6 is 0 Å². The minimum Gasteiger partial charge on any atom is -0.492 e. The third-order valence-corrected chi connectivity index (χ3v) is 2.92. The largest absolute Gasteiger partial charge is 0.492 e. The van der Waals surface area contributed by atoms with E-state index in [1.165, 1.54) is 5.56 Å². The van der Waals surface area contributed by atoms with Crippen LogP contribution in [-0.4, -0.2) is 13.2 Å². The van der Waals surface area contributed by atoms with Gasteiger partial charge in [0.2, 0.25) is 0 Å². The van der Waals surface area contributed by atoms with Crippen LogP contribution in [0.3, 0.4) is 0 Å². The van der Waals surface area contributed by atoms with Crippen molar-refractivity contribution in [3.63, 3.8) is 0 Å². The molecular formula is C16H20N2O. The highest BCUT2D eigenvalue weighted by Gasteiger charge is 1.95. The Balaban J connectivity index is 1.74. The molecule has 19 heavy (non-hydrogen) atoms. The first-order valence-electron chi connectivity index (χ1n) is 6.59. The van der Waals surface area contributed by atoms with Gasteiger partial charge in [0.05, 0.1) is 0 Å². The van der Waals surface area contributed by atoms with Gasteiger partial charge in [-0.3, -0.25) is 0 Å². The quantitative estimate of drug-likeness (QED) is 0.615. The normalized spacial score (nSPS) is 10.2. The van der Waals surface area contributed by atoms with E-state index in [4.69, 9.17) is 10.5 Å². The van der Waals surface area contributed by atoms with Gasteiger partial charge >= 0.3 is 0 Å². The summed E-state index contributed by atoms with van der Waals surface area (Å²) < 4.78 is 5.61. The van der Waals surface area contributed by atoms with Gasteiger partial charge in [-0.15, -0.1) is 0 Å². The average molecular weight is 256 g/mol. The summed E-state index contributed by atoms with van der Waals surface area (Å²) in [6.07, 6.45) is 1.07. The Morgan fingerprint density at radius 2 is 1.89 bits per heavy atom. The lowest BCUT2D eigenvalue weighted by Gasteiger charge is -2.09. The lowest BCUT2D eigenvalue weighted by molar-refractivity contribution is 0.333. The van der Waals surface area contributed by atoms with Gasteiger partial charge in [-0.1, -0.05) is 25.1 Å². The molecule has 0 atom stereocenters. The van der Waals surface area contributed by atoms with Crippen molar-refractivity contribution in [1.82, 2.24) is 0 Å². The third kappa shape index (κ3) is 4.21. The molecule has 0 aliphatic heterocycles. The van der Waals surface area contributed by atoms with E-state index in [-0.39, 0.29) is 0 Å². The van der Waals surface area contributed by atoms with E-state index in [0.29, 0.717) is 6.61 Å². The number of rotatable bonds is 6. The fourth-order valence-electron chi connectivity index (χ4n) is 1.83. The first kappa shape index (κ1) is 13.3. The second-order valence-corrected chi connectivity index (χ2v) is 4.40. The molecule has 0 spiro atoms. The molecule has 0 saturated heterocycles. The molecule has 0 bridgehead atoms. The lowest BCUT2D eigenvalue weighted by atomic mass is 10.1. The fraction of sp³-hybridized carbons (Fsp3) is 0.250. The molecular weight excluding hydrogens is 236 g/mol. The van der Waals surface area contributed by atoms with Gasteiger partial charge < -0.3 is 15.8 Å². The number of hydrogen-bond acceptors (Lipinski definition) is 3. The zero-order chi connectivity index (χ0) is 13.5. The average Bonchev–Trinajstić information content (AvgIpc) is 2.44. The minimum atomic E-state index is 0.610. The van der Waals surface area contributed by atoms with Gasteiger partial charge in [-0.25, -0.2) is 0 Å². The molecule has 100 valence electrons. The summed E-state index contributed by atoms with van der Waals surface area (Å²) in [5.74, 6) is 0.808. The van der Waals surface area contributed by atoms with Crippen LogP contribution in [-0.2, 0) is 6.42 Å². The maximum absolute atomic E-state index is 5.69. The van der Waals surface area contributed by atoms with Crippen molar-refractivity contribution in [3.8, 4) is 5.75 Å². The number of nitrogen functional groups attached to an aromatic ring is 1. The second kappa shape index (κ2) is 6.69. The molecule has 2 aromatic rings. The van der Waals surface area contributed by atoms with Crippen LogP contribution in [0, 0.1) is 0 Å². The Morgan fingerprint density at radius 1 is 1.11 bits per heavy atom. The first-order chi connectivity index (χ1) is 9.28. The monoisotopic (exact) mass is 256 g/mol. The van der Waals surface area contributed by atoms with Gasteiger partial charge in [-0.2, -0.15) is 0 Å². The smallest absolute Gasteiger partial charge is 0.121 e. The predicted octanol–water partition coefficient (Wildman–Crippen LogP) is 3.32. The van der Waals surface area contributed by atoms with Crippen molar-refractivity contribution in [1.29, 1.82) is 0 Å². The van der Waals surface area contributed by atoms with E-state index in [0.717, 1.165) is 30.1 Å². The van der Waals surface area contributed by atoms with E-state index in [9.17, 15) is 0 Å². The summed E-state index contributed by atoms with van der Waals surface area (Å²) in [5.41, 5.74) is 8.88. The summed E-state index contributed by atoms with van der Waals surface area (Å²) in [6.45, 7) is 3.53. The van der Waals surface area contributed by atoms with Crippen molar-refractivity contribution in [3.05, 3.63) is 54.1 Å². The maximum Gasteiger partial charge on any atom is 0.121 e. The van der Waals surface area contributed by atoms with Gasteiger partial charge in [-0.05, 0) is 36.2 Å². The predicted molar refractivity (Wildman–Crippen MR) is 80.7 cm³/mol. The Kier molecular flexibility index (Phi) is 4.67. The number of anilines is 2. The van der Waals surface area contributed by atoms with Gasteiger partial charge in [0.25, 0.3) is 0 Å². The van der Waals surface area contributed by atoms with Crippen molar-refractivity contribution >= 4 is 11.4 Å². The van der Waals surface area contributed by atoms with E-state index < -0.39 is 0 Å². The highest BCUT2D eigenvalue weighted by molar-refractivity contribution is 5.45. The topological polar surface area (TPSA) is 47.3 Å². The Morgan fingerprint density at radius 3 is 2.58 bits per heavy atom. The highest BCUT2D eigenvalue weighted by atomic mass is 16.5. The van der Waals surface area contributed by atoms with E-state index >= 15 is 0 Å². The van der Waals surface area contributed by atoms with Crippen LogP contribution in [0.15, 0.2) is 48.5 Å². The SMILES string of the molecule is CCc1ccc(NCCOc2cccc(N)c2)cc1. The Hall–Kier alpha value is -2.16. The van der Waals surface area contributed by atoms with Crippen molar-refractivity contribution in [2.75, 3.05) is 24.2 Å². The summed E-state index contributed by atoms with van der Waals surface area (Å²) >= 11 is 0. The van der Waals surface area contributed by atoms with E-state index in [1.807, 2.05) is 24.3 Å². The van der Waals surface area contributed by atoms with E-state index in [2.05, 4.69) is 36.5 Å². The lowest BCUT2D eigenvalue weighted by Crippen LogP contribution is -2.11. The van der Waals surface area contributed by atoms with E-state index in [1.54, 1.807) is 0 Å². The molecule has 0 amide bonds. The molecule has 0 radical (unpaired) electrons. The molecule has 0 aromatic heterocycles. The van der Waals surface area contributed by atoms with Gasteiger partial charge in [0.15, 0.2) is 0 Å². The van der Waals surface area contributed by atoms with Gasteiger partial charge in [0, 0.05) is 24.0 Å². The zero-order valence-electron chi connectivity index (χ0n) is 11.2. The standard InChI is InChI=1S/C16H20N2O/c1-2-13-6-8-15(9-7-13)18-10-11-19-16-5-3-4-14(17)12-16/h3-9,12,18H,2,10-11,17H2,1H3. The van der Waals surface area contributed by atoms with Crippen LogP contribution < -0.4 is 15.8 Å². The molecule has 3 heteroatoms. The highest BCUT2D eigenvalue weighted by Crippen LogP contribution is 2.14. The summed E-state index contributed by atoms with van der Waals surface area (Å²) in [7, 11) is 0. The fourth-order valence-corrected chi connectivity index (χ4v) is 1.83. The van der Waals surface area contributed by atoms with Crippen molar-refractivity contribution in [2.24, 2.45) is 0 Å². The summed E-state index contributed by atoms with van der Waals surface area (Å²) in [4.78, 5) is 0. The minimum absolute atomic E-state index is 0.610. The molecule has 2 aromatic carbocycles. The summed E-state index contributed by atoms with van der Waals surface area (Å²) in [5, 5.41) is 3.32. The van der Waals surface area contributed by atoms with Crippen LogP contribution in [0.1, 0.15) is 12.5 Å². The van der Waals surface area contributed by atoms with Crippen LogP contribution in [0.5, 0.6) is 5.75 Å². The Bertz CT molecular complexity index is 508. The molecule has 3 N–H and O–H groups in total. The number of benzene rings is 2. The molecule has 0 heterocycles. The zero-order valence-corrected chi connectivity index (χ0v) is 11.2. The van der Waals surface area contributed by atoms with Crippen LogP contribution in [0.25, 0.3) is 0 Å². The molecule has 3 nitrogen and oxygen atoms in total. The second-order valence-electron chi connectivity index (χ2n) is 4.40. The number of nitrogens with two attached hydrogens (primary N) is 1. The third-order valence-electron chi connectivity index (χ3n) is 2.92. The number of ether oxygens (including phenoxy) is 1.